The molecule has 7 nitrogen and oxygen atoms in total. The monoisotopic (exact) mass is 299 g/mol. The molecule has 3 amide bonds. The lowest BCUT2D eigenvalue weighted by Crippen LogP contribution is -2.25. The van der Waals surface area contributed by atoms with Crippen LogP contribution in [0.4, 0.5) is 4.79 Å². The first-order valence-corrected chi connectivity index (χ1v) is 6.58. The van der Waals surface area contributed by atoms with E-state index in [1.807, 2.05) is 18.2 Å². The van der Waals surface area contributed by atoms with Gasteiger partial charge in [-0.15, -0.1) is 0 Å². The molecule has 2 aromatic rings. The van der Waals surface area contributed by atoms with Crippen LogP contribution in [-0.4, -0.2) is 39.5 Å². The molecule has 2 heterocycles. The van der Waals surface area contributed by atoms with E-state index in [2.05, 4.69) is 5.32 Å². The number of nitrogens with one attached hydrogen (secondary N) is 1. The number of urea groups is 1. The van der Waals surface area contributed by atoms with Crippen molar-refractivity contribution in [1.82, 2.24) is 14.8 Å². The summed E-state index contributed by atoms with van der Waals surface area (Å²) >= 11 is 0. The highest BCUT2D eigenvalue weighted by Gasteiger charge is 2.30. The summed E-state index contributed by atoms with van der Waals surface area (Å²) in [6, 6.07) is 6.81. The Morgan fingerprint density at radius 3 is 2.68 bits per heavy atom. The van der Waals surface area contributed by atoms with Crippen molar-refractivity contribution < 1.29 is 19.5 Å². The smallest absolute Gasteiger partial charge is 0.328 e. The van der Waals surface area contributed by atoms with Gasteiger partial charge in [-0.1, -0.05) is 18.2 Å². The van der Waals surface area contributed by atoms with Gasteiger partial charge in [0.1, 0.15) is 12.2 Å². The van der Waals surface area contributed by atoms with E-state index in [0.29, 0.717) is 5.56 Å². The second-order valence-corrected chi connectivity index (χ2v) is 4.98. The molecule has 1 aliphatic rings. The minimum atomic E-state index is -0.954. The maximum absolute atomic E-state index is 11.9. The second-order valence-electron chi connectivity index (χ2n) is 4.98. The Kier molecular flexibility index (Phi) is 3.17. The zero-order chi connectivity index (χ0) is 15.9. The number of carboxylic acid groups (broad SMARTS) is 1. The Morgan fingerprint density at radius 2 is 2.05 bits per heavy atom. The van der Waals surface area contributed by atoms with Crippen LogP contribution in [0.15, 0.2) is 36.2 Å². The molecule has 3 rings (SSSR count). The highest BCUT2D eigenvalue weighted by Crippen LogP contribution is 2.24. The van der Waals surface area contributed by atoms with Crippen LogP contribution in [0.1, 0.15) is 5.56 Å². The molecule has 1 aliphatic heterocycles. The molecule has 0 radical (unpaired) electrons. The first-order chi connectivity index (χ1) is 10.5. The summed E-state index contributed by atoms with van der Waals surface area (Å²) in [5.74, 6) is -1.37. The van der Waals surface area contributed by atoms with Crippen LogP contribution in [0.25, 0.3) is 17.0 Å². The quantitative estimate of drug-likeness (QED) is 0.659. The molecule has 0 unspecified atom stereocenters. The zero-order valence-electron chi connectivity index (χ0n) is 11.7. The maximum Gasteiger partial charge on any atom is 0.328 e. The maximum atomic E-state index is 11.9. The number of carbonyl (C=O) groups is 3. The van der Waals surface area contributed by atoms with Gasteiger partial charge in [0.2, 0.25) is 0 Å². The van der Waals surface area contributed by atoms with Crippen LogP contribution in [0.2, 0.25) is 0 Å². The molecule has 0 aliphatic carbocycles. The normalized spacial score (nSPS) is 16.6. The fourth-order valence-corrected chi connectivity index (χ4v) is 2.45. The van der Waals surface area contributed by atoms with Gasteiger partial charge in [0, 0.05) is 29.7 Å². The van der Waals surface area contributed by atoms with Gasteiger partial charge in [-0.05, 0) is 12.1 Å². The first-order valence-electron chi connectivity index (χ1n) is 6.58. The van der Waals surface area contributed by atoms with E-state index in [4.69, 9.17) is 5.11 Å². The number of imide groups is 1. The van der Waals surface area contributed by atoms with Gasteiger partial charge in [0.05, 0.1) is 0 Å². The molecule has 0 bridgehead atoms. The molecule has 0 atom stereocenters. The number of aromatic nitrogens is 1. The molecule has 112 valence electrons. The van der Waals surface area contributed by atoms with Crippen LogP contribution in [0.3, 0.4) is 0 Å². The Hall–Kier alpha value is -3.09. The molecule has 1 saturated heterocycles. The van der Waals surface area contributed by atoms with Gasteiger partial charge in [-0.25, -0.2) is 4.79 Å². The molecule has 0 spiro atoms. The fourth-order valence-electron chi connectivity index (χ4n) is 2.45. The minimum Gasteiger partial charge on any atom is -0.480 e. The molecule has 7 heteroatoms. The lowest BCUT2D eigenvalue weighted by atomic mass is 10.1. The number of aliphatic carboxylic acids is 1. The van der Waals surface area contributed by atoms with Crippen LogP contribution < -0.4 is 5.32 Å². The van der Waals surface area contributed by atoms with Gasteiger partial charge in [0.15, 0.2) is 0 Å². The van der Waals surface area contributed by atoms with E-state index in [9.17, 15) is 14.4 Å². The minimum absolute atomic E-state index is 0.172. The summed E-state index contributed by atoms with van der Waals surface area (Å²) in [5.41, 5.74) is 1.60. The average Bonchev–Trinajstić information content (AvgIpc) is 2.93. The lowest BCUT2D eigenvalue weighted by Gasteiger charge is -1.99. The number of nitrogens with zero attached hydrogens (tertiary/aromatic N) is 2. The summed E-state index contributed by atoms with van der Waals surface area (Å²) in [6.45, 7) is -0.177. The van der Waals surface area contributed by atoms with E-state index < -0.39 is 17.9 Å². The number of carboxylic acids is 1. The van der Waals surface area contributed by atoms with Crippen molar-refractivity contribution in [2.75, 3.05) is 7.05 Å². The molecular formula is C15H13N3O4. The number of para-hydroxylation sites is 1. The number of carbonyl (C=O) groups excluding carboxylic acids is 2. The van der Waals surface area contributed by atoms with Crippen molar-refractivity contribution in [3.8, 4) is 0 Å². The van der Waals surface area contributed by atoms with Gasteiger partial charge in [0.25, 0.3) is 5.91 Å². The van der Waals surface area contributed by atoms with E-state index in [-0.39, 0.29) is 12.2 Å². The molecule has 1 aromatic heterocycles. The van der Waals surface area contributed by atoms with Crippen molar-refractivity contribution in [2.45, 2.75) is 6.54 Å². The Balaban J connectivity index is 2.10. The summed E-state index contributed by atoms with van der Waals surface area (Å²) in [7, 11) is 1.40. The Bertz CT molecular complexity index is 834. The van der Waals surface area contributed by atoms with E-state index in [1.165, 1.54) is 7.05 Å². The fraction of sp³-hybridized carbons (Fsp3) is 0.133. The third-order valence-corrected chi connectivity index (χ3v) is 3.51. The van der Waals surface area contributed by atoms with E-state index in [1.54, 1.807) is 22.9 Å². The lowest BCUT2D eigenvalue weighted by molar-refractivity contribution is -0.137. The molecular weight excluding hydrogens is 286 g/mol. The summed E-state index contributed by atoms with van der Waals surface area (Å²) in [6.07, 6.45) is 3.22. The van der Waals surface area contributed by atoms with Crippen molar-refractivity contribution in [2.24, 2.45) is 0 Å². The highest BCUT2D eigenvalue weighted by molar-refractivity contribution is 6.14. The number of amides is 3. The Labute approximate surface area is 125 Å². The summed E-state index contributed by atoms with van der Waals surface area (Å²) in [5, 5.41) is 12.3. The van der Waals surface area contributed by atoms with Gasteiger partial charge < -0.3 is 15.0 Å². The molecule has 1 fully saturated rings. The topological polar surface area (TPSA) is 91.6 Å². The van der Waals surface area contributed by atoms with Crippen LogP contribution >= 0.6 is 0 Å². The van der Waals surface area contributed by atoms with Crippen LogP contribution in [0.5, 0.6) is 0 Å². The molecule has 2 N–H and O–H groups in total. The molecule has 22 heavy (non-hydrogen) atoms. The predicted octanol–water partition coefficient (Wildman–Crippen LogP) is 1.25. The standard InChI is InChI=1S/C15H13N3O4/c1-17-14(21)11(16-15(17)22)6-9-7-18(8-13(19)20)12-5-3-2-4-10(9)12/h2-7H,8H2,1H3,(H,16,22)(H,19,20). The van der Waals surface area contributed by atoms with Crippen LogP contribution in [-0.2, 0) is 16.1 Å². The van der Waals surface area contributed by atoms with Crippen molar-refractivity contribution in [1.29, 1.82) is 0 Å². The third-order valence-electron chi connectivity index (χ3n) is 3.51. The second kappa shape index (κ2) is 5.03. The van der Waals surface area contributed by atoms with E-state index in [0.717, 1.165) is 15.8 Å². The number of fused-ring (bicyclic) bond motifs is 1. The number of likely N-dealkylation sites (N-methyl/N-ethyl adjacent to an activating group) is 1. The van der Waals surface area contributed by atoms with Crippen molar-refractivity contribution in [3.63, 3.8) is 0 Å². The highest BCUT2D eigenvalue weighted by atomic mass is 16.4. The zero-order valence-corrected chi connectivity index (χ0v) is 11.7. The molecule has 1 aromatic carbocycles. The predicted molar refractivity (Wildman–Crippen MR) is 78.9 cm³/mol. The number of rotatable bonds is 3. The number of hydrogen-bond donors (Lipinski definition) is 2. The Morgan fingerprint density at radius 1 is 1.32 bits per heavy atom. The average molecular weight is 299 g/mol. The molecule has 0 saturated carbocycles. The van der Waals surface area contributed by atoms with Gasteiger partial charge >= 0.3 is 12.0 Å². The van der Waals surface area contributed by atoms with Gasteiger partial charge in [-0.2, -0.15) is 0 Å². The van der Waals surface area contributed by atoms with Gasteiger partial charge in [-0.3, -0.25) is 14.5 Å². The number of benzene rings is 1. The summed E-state index contributed by atoms with van der Waals surface area (Å²) in [4.78, 5) is 35.3. The third kappa shape index (κ3) is 2.22. The van der Waals surface area contributed by atoms with Crippen molar-refractivity contribution >= 4 is 34.9 Å². The van der Waals surface area contributed by atoms with Crippen molar-refractivity contribution in [3.05, 3.63) is 41.7 Å². The van der Waals surface area contributed by atoms with E-state index >= 15 is 0 Å². The number of hydrogen-bond acceptors (Lipinski definition) is 3. The SMILES string of the molecule is CN1C(=O)NC(=Cc2cn(CC(=O)O)c3ccccc23)C1=O. The summed E-state index contributed by atoms with van der Waals surface area (Å²) < 4.78 is 1.59. The van der Waals surface area contributed by atoms with Crippen LogP contribution in [0, 0.1) is 0 Å². The largest absolute Gasteiger partial charge is 0.480 e. The first kappa shape index (κ1) is 13.9.